The molecular formula is C27H34BN. The van der Waals surface area contributed by atoms with Gasteiger partial charge in [-0.1, -0.05) is 89.5 Å². The summed E-state index contributed by atoms with van der Waals surface area (Å²) in [5.41, 5.74) is 7.30. The fourth-order valence-corrected chi connectivity index (χ4v) is 3.43. The van der Waals surface area contributed by atoms with Crippen molar-refractivity contribution >= 4 is 22.5 Å². The molecule has 1 nitrogen and oxygen atoms in total. The largest absolute Gasteiger partial charge is 0.333 e. The Morgan fingerprint density at radius 2 is 0.759 bits per heavy atom. The standard InChI is InChI=1S/C23H22B.C4H12N/c1-5-24(21-12-6-18(2)7-13-21,22-14-8-19(3)9-15-22)23-16-10-20(4)11-17-23;1-5(2,3)4/h1,6-17H,2-4H3;1-4H3/q-1;+1. The summed E-state index contributed by atoms with van der Waals surface area (Å²) in [7, 11) is 8.50. The number of hydrogen-bond acceptors (Lipinski definition) is 0. The molecule has 0 aliphatic heterocycles. The van der Waals surface area contributed by atoms with Crippen LogP contribution in [0.15, 0.2) is 72.8 Å². The van der Waals surface area contributed by atoms with E-state index in [0.29, 0.717) is 0 Å². The minimum Gasteiger partial charge on any atom is -0.333 e. The van der Waals surface area contributed by atoms with Crippen molar-refractivity contribution in [1.29, 1.82) is 0 Å². The van der Waals surface area contributed by atoms with E-state index in [9.17, 15) is 0 Å². The number of benzene rings is 3. The summed E-state index contributed by atoms with van der Waals surface area (Å²) in [6.07, 6.45) is 4.78. The highest BCUT2D eigenvalue weighted by atomic mass is 15.2. The fraction of sp³-hybridized carbons (Fsp3) is 0.259. The van der Waals surface area contributed by atoms with Crippen LogP contribution in [-0.2, 0) is 0 Å². The van der Waals surface area contributed by atoms with Crippen LogP contribution >= 0.6 is 0 Å². The van der Waals surface area contributed by atoms with Crippen molar-refractivity contribution < 1.29 is 4.48 Å². The van der Waals surface area contributed by atoms with Gasteiger partial charge in [0.1, 0.15) is 6.15 Å². The Hall–Kier alpha value is -2.76. The first kappa shape index (κ1) is 22.5. The summed E-state index contributed by atoms with van der Waals surface area (Å²) in [5.74, 6) is 3.19. The zero-order valence-electron chi connectivity index (χ0n) is 19.0. The zero-order chi connectivity index (χ0) is 21.7. The van der Waals surface area contributed by atoms with Crippen molar-refractivity contribution in [3.63, 3.8) is 0 Å². The number of quaternary nitrogens is 1. The average molecular weight is 383 g/mol. The molecule has 0 fully saturated rings. The maximum absolute atomic E-state index is 6.20. The van der Waals surface area contributed by atoms with E-state index >= 15 is 0 Å². The third kappa shape index (κ3) is 5.86. The molecule has 0 saturated heterocycles. The molecule has 0 aliphatic carbocycles. The molecule has 3 rings (SSSR count). The second-order valence-corrected chi connectivity index (χ2v) is 9.45. The van der Waals surface area contributed by atoms with Crippen LogP contribution in [0.2, 0.25) is 0 Å². The van der Waals surface area contributed by atoms with E-state index in [1.54, 1.807) is 0 Å². The van der Waals surface area contributed by atoms with Crippen LogP contribution in [0.25, 0.3) is 0 Å². The van der Waals surface area contributed by atoms with Gasteiger partial charge in [0.2, 0.25) is 0 Å². The molecule has 0 amide bonds. The third-order valence-electron chi connectivity index (χ3n) is 4.98. The van der Waals surface area contributed by atoms with Gasteiger partial charge in [0.25, 0.3) is 0 Å². The van der Waals surface area contributed by atoms with Crippen LogP contribution in [0.5, 0.6) is 0 Å². The van der Waals surface area contributed by atoms with Crippen molar-refractivity contribution in [2.45, 2.75) is 20.8 Å². The topological polar surface area (TPSA) is 0 Å². The molecule has 29 heavy (non-hydrogen) atoms. The average Bonchev–Trinajstić information content (AvgIpc) is 2.65. The minimum absolute atomic E-state index is 1.00. The Kier molecular flexibility index (Phi) is 7.12. The van der Waals surface area contributed by atoms with Gasteiger partial charge in [-0.05, 0) is 20.8 Å². The second-order valence-electron chi connectivity index (χ2n) is 9.45. The molecule has 0 unspecified atom stereocenters. The van der Waals surface area contributed by atoms with Gasteiger partial charge in [0, 0.05) is 0 Å². The van der Waals surface area contributed by atoms with Gasteiger partial charge in [-0.3, -0.25) is 0 Å². The van der Waals surface area contributed by atoms with Crippen molar-refractivity contribution in [2.75, 3.05) is 28.2 Å². The van der Waals surface area contributed by atoms with Crippen molar-refractivity contribution in [2.24, 2.45) is 0 Å². The first-order chi connectivity index (χ1) is 13.6. The maximum Gasteiger partial charge on any atom is 0.148 e. The lowest BCUT2D eigenvalue weighted by molar-refractivity contribution is -0.849. The molecule has 0 saturated carbocycles. The molecule has 0 N–H and O–H groups in total. The summed E-state index contributed by atoms with van der Waals surface area (Å²) in [4.78, 5) is 0. The van der Waals surface area contributed by atoms with Gasteiger partial charge < -0.3 is 10.3 Å². The van der Waals surface area contributed by atoms with Crippen LogP contribution in [0.1, 0.15) is 16.7 Å². The van der Waals surface area contributed by atoms with Crippen LogP contribution in [-0.4, -0.2) is 38.8 Å². The number of terminal acetylenes is 1. The van der Waals surface area contributed by atoms with E-state index in [2.05, 4.69) is 128 Å². The number of hydrogen-bond donors (Lipinski definition) is 0. The van der Waals surface area contributed by atoms with E-state index in [0.717, 1.165) is 4.48 Å². The van der Waals surface area contributed by atoms with Crippen molar-refractivity contribution in [3.05, 3.63) is 89.5 Å². The highest BCUT2D eigenvalue weighted by Gasteiger charge is 2.27. The van der Waals surface area contributed by atoms with E-state index in [-0.39, 0.29) is 0 Å². The van der Waals surface area contributed by atoms with Crippen LogP contribution in [0, 0.1) is 33.0 Å². The van der Waals surface area contributed by atoms with Gasteiger partial charge in [0.05, 0.1) is 28.2 Å². The maximum atomic E-state index is 6.20. The molecule has 3 aromatic rings. The molecule has 0 spiro atoms. The molecule has 2 heteroatoms. The SMILES string of the molecule is C#C[B-](c1ccc(C)cc1)(c1ccc(C)cc1)c1ccc(C)cc1.C[N+](C)(C)C. The van der Waals surface area contributed by atoms with Crippen LogP contribution in [0.4, 0.5) is 0 Å². The molecule has 3 aromatic carbocycles. The zero-order valence-corrected chi connectivity index (χ0v) is 19.0. The first-order valence-electron chi connectivity index (χ1n) is 10.2. The van der Waals surface area contributed by atoms with E-state index < -0.39 is 6.15 Å². The normalized spacial score (nSPS) is 11.2. The lowest BCUT2D eigenvalue weighted by Gasteiger charge is -2.38. The van der Waals surface area contributed by atoms with E-state index in [1.807, 2.05) is 0 Å². The monoisotopic (exact) mass is 383 g/mol. The molecule has 0 heterocycles. The summed E-state index contributed by atoms with van der Waals surface area (Å²) < 4.78 is 1.00. The number of rotatable bonds is 3. The Labute approximate surface area is 177 Å². The Bertz CT molecular complexity index is 837. The predicted molar refractivity (Wildman–Crippen MR) is 131 cm³/mol. The molecule has 150 valence electrons. The molecule has 0 bridgehead atoms. The second kappa shape index (κ2) is 9.16. The molecular weight excluding hydrogens is 349 g/mol. The Balaban J connectivity index is 0.000000537. The Morgan fingerprint density at radius 3 is 0.931 bits per heavy atom. The number of nitrogens with zero attached hydrogens (tertiary/aromatic N) is 1. The smallest absolute Gasteiger partial charge is 0.148 e. The van der Waals surface area contributed by atoms with Crippen molar-refractivity contribution in [1.82, 2.24) is 0 Å². The van der Waals surface area contributed by atoms with Crippen molar-refractivity contribution in [3.8, 4) is 12.2 Å². The van der Waals surface area contributed by atoms with Gasteiger partial charge in [-0.25, -0.2) is 0 Å². The molecule has 0 radical (unpaired) electrons. The summed E-state index contributed by atoms with van der Waals surface area (Å²) in [5, 5.41) is 0. The molecule has 0 atom stereocenters. The lowest BCUT2D eigenvalue weighted by atomic mass is 9.16. The Morgan fingerprint density at radius 1 is 0.552 bits per heavy atom. The first-order valence-corrected chi connectivity index (χ1v) is 10.2. The highest BCUT2D eigenvalue weighted by Crippen LogP contribution is 2.09. The third-order valence-corrected chi connectivity index (χ3v) is 4.98. The van der Waals surface area contributed by atoms with Gasteiger partial charge in [-0.2, -0.15) is 22.8 Å². The highest BCUT2D eigenvalue weighted by molar-refractivity contribution is 7.16. The lowest BCUT2D eigenvalue weighted by Crippen LogP contribution is -2.66. The minimum atomic E-state index is -1.41. The summed E-state index contributed by atoms with van der Waals surface area (Å²) in [6, 6.07) is 25.9. The van der Waals surface area contributed by atoms with Crippen LogP contribution in [0.3, 0.4) is 0 Å². The van der Waals surface area contributed by atoms with Crippen LogP contribution < -0.4 is 16.4 Å². The predicted octanol–water partition coefficient (Wildman–Crippen LogP) is 3.58. The number of aryl methyl sites for hydroxylation is 3. The summed E-state index contributed by atoms with van der Waals surface area (Å²) >= 11 is 0. The van der Waals surface area contributed by atoms with Gasteiger partial charge in [-0.15, -0.1) is 0 Å². The molecule has 0 aromatic heterocycles. The quantitative estimate of drug-likeness (QED) is 0.369. The fourth-order valence-electron chi connectivity index (χ4n) is 3.43. The van der Waals surface area contributed by atoms with Gasteiger partial charge >= 0.3 is 0 Å². The summed E-state index contributed by atoms with van der Waals surface area (Å²) in [6.45, 7) is 6.31. The van der Waals surface area contributed by atoms with E-state index in [1.165, 1.54) is 33.1 Å². The van der Waals surface area contributed by atoms with E-state index in [4.69, 9.17) is 6.42 Å². The van der Waals surface area contributed by atoms with Gasteiger partial charge in [0.15, 0.2) is 0 Å². The molecule has 0 aliphatic rings.